The molecular formula is C12H21N3O. The molecule has 16 heavy (non-hydrogen) atoms. The number of morpholine rings is 1. The van der Waals surface area contributed by atoms with E-state index in [1.807, 2.05) is 18.3 Å². The van der Waals surface area contributed by atoms with Gasteiger partial charge in [-0.3, -0.25) is 0 Å². The summed E-state index contributed by atoms with van der Waals surface area (Å²) < 4.78 is 5.67. The zero-order valence-corrected chi connectivity index (χ0v) is 9.18. The smallest absolute Gasteiger partial charge is 0.123 e. The highest BCUT2D eigenvalue weighted by Crippen LogP contribution is 2.19. The lowest BCUT2D eigenvalue weighted by Gasteiger charge is -2.36. The van der Waals surface area contributed by atoms with Crippen LogP contribution >= 0.6 is 0 Å². The number of nitrogen functional groups attached to an aromatic ring is 1. The van der Waals surface area contributed by atoms with Gasteiger partial charge in [-0.2, -0.15) is 0 Å². The summed E-state index contributed by atoms with van der Waals surface area (Å²) in [5.74, 6) is 0.563. The van der Waals surface area contributed by atoms with Gasteiger partial charge in [0.15, 0.2) is 0 Å². The summed E-state index contributed by atoms with van der Waals surface area (Å²) >= 11 is 0. The van der Waals surface area contributed by atoms with Crippen molar-refractivity contribution in [3.63, 3.8) is 0 Å². The highest BCUT2D eigenvalue weighted by Gasteiger charge is 2.22. The minimum atomic E-state index is 0. The van der Waals surface area contributed by atoms with Crippen molar-refractivity contribution in [2.24, 2.45) is 0 Å². The Hall–Kier alpha value is -1.29. The number of nitrogens with two attached hydrogens (primary N) is 1. The molecule has 0 saturated carbocycles. The van der Waals surface area contributed by atoms with E-state index in [2.05, 4.69) is 23.7 Å². The number of hydrogen-bond acceptors (Lipinski definition) is 4. The summed E-state index contributed by atoms with van der Waals surface area (Å²) in [6.45, 7) is 6.01. The predicted octanol–water partition coefficient (Wildman–Crippen LogP) is 1.91. The number of nitrogens with zero attached hydrogens (tertiary/aromatic N) is 2. The van der Waals surface area contributed by atoms with Crippen LogP contribution in [0.3, 0.4) is 0 Å². The average molecular weight is 223 g/mol. The van der Waals surface area contributed by atoms with E-state index in [0.29, 0.717) is 5.82 Å². The van der Waals surface area contributed by atoms with E-state index in [4.69, 9.17) is 10.5 Å². The van der Waals surface area contributed by atoms with Gasteiger partial charge in [0.25, 0.3) is 0 Å². The van der Waals surface area contributed by atoms with Crippen molar-refractivity contribution in [2.75, 3.05) is 23.7 Å². The quantitative estimate of drug-likeness (QED) is 0.790. The molecule has 1 aliphatic heterocycles. The van der Waals surface area contributed by atoms with Gasteiger partial charge < -0.3 is 15.4 Å². The van der Waals surface area contributed by atoms with Gasteiger partial charge in [0.1, 0.15) is 5.82 Å². The first kappa shape index (κ1) is 12.8. The molecule has 0 aromatic carbocycles. The van der Waals surface area contributed by atoms with Crippen molar-refractivity contribution < 1.29 is 4.74 Å². The van der Waals surface area contributed by atoms with Crippen LogP contribution in [0.4, 0.5) is 11.5 Å². The average Bonchev–Trinajstić information content (AvgIpc) is 2.17. The highest BCUT2D eigenvalue weighted by atomic mass is 16.5. The Balaban J connectivity index is 0.00000128. The molecule has 0 amide bonds. The van der Waals surface area contributed by atoms with Crippen LogP contribution in [0.2, 0.25) is 0 Å². The summed E-state index contributed by atoms with van der Waals surface area (Å²) in [6, 6.07) is 3.84. The summed E-state index contributed by atoms with van der Waals surface area (Å²) in [4.78, 5) is 6.38. The van der Waals surface area contributed by atoms with E-state index in [-0.39, 0.29) is 19.6 Å². The molecule has 1 aromatic rings. The molecule has 0 aliphatic carbocycles. The van der Waals surface area contributed by atoms with Gasteiger partial charge in [-0.05, 0) is 26.0 Å². The maximum atomic E-state index is 5.67. The summed E-state index contributed by atoms with van der Waals surface area (Å²) in [5, 5.41) is 0. The molecule has 1 fully saturated rings. The second-order valence-electron chi connectivity index (χ2n) is 4.10. The van der Waals surface area contributed by atoms with E-state index < -0.39 is 0 Å². The number of pyridine rings is 1. The van der Waals surface area contributed by atoms with E-state index in [9.17, 15) is 0 Å². The van der Waals surface area contributed by atoms with E-state index in [0.717, 1.165) is 18.8 Å². The maximum Gasteiger partial charge on any atom is 0.123 e. The maximum absolute atomic E-state index is 5.67. The second kappa shape index (κ2) is 5.16. The topological polar surface area (TPSA) is 51.4 Å². The first-order valence-corrected chi connectivity index (χ1v) is 5.27. The lowest BCUT2D eigenvalue weighted by atomic mass is 10.2. The fourth-order valence-electron chi connectivity index (χ4n) is 1.97. The molecule has 1 saturated heterocycles. The summed E-state index contributed by atoms with van der Waals surface area (Å²) in [6.07, 6.45) is 2.36. The van der Waals surface area contributed by atoms with Crippen LogP contribution in [0.25, 0.3) is 0 Å². The molecule has 2 N–H and O–H groups in total. The molecule has 2 heterocycles. The Labute approximate surface area is 97.4 Å². The molecule has 1 aromatic heterocycles. The number of hydrogen-bond donors (Lipinski definition) is 1. The van der Waals surface area contributed by atoms with Crippen LogP contribution < -0.4 is 10.6 Å². The third kappa shape index (κ3) is 2.85. The Morgan fingerprint density at radius 2 is 1.94 bits per heavy atom. The molecule has 4 nitrogen and oxygen atoms in total. The van der Waals surface area contributed by atoms with E-state index >= 15 is 0 Å². The minimum absolute atomic E-state index is 0. The normalized spacial score (nSPS) is 25.0. The molecule has 0 unspecified atom stereocenters. The van der Waals surface area contributed by atoms with Crippen LogP contribution in [0.5, 0.6) is 0 Å². The SMILES string of the molecule is C.C[C@@H]1CN(c2ccc(N)nc2)C[C@H](C)O1. The fraction of sp³-hybridized carbons (Fsp3) is 0.583. The molecule has 90 valence electrons. The third-order valence-electron chi connectivity index (χ3n) is 2.56. The third-order valence-corrected chi connectivity index (χ3v) is 2.56. The van der Waals surface area contributed by atoms with Crippen molar-refractivity contribution in [2.45, 2.75) is 33.5 Å². The fourth-order valence-corrected chi connectivity index (χ4v) is 1.97. The Morgan fingerprint density at radius 1 is 1.31 bits per heavy atom. The van der Waals surface area contributed by atoms with Crippen LogP contribution in [-0.4, -0.2) is 30.3 Å². The van der Waals surface area contributed by atoms with E-state index in [1.54, 1.807) is 0 Å². The van der Waals surface area contributed by atoms with Gasteiger partial charge in [0.05, 0.1) is 24.1 Å². The molecule has 0 bridgehead atoms. The Kier molecular flexibility index (Phi) is 4.12. The molecule has 4 heteroatoms. The van der Waals surface area contributed by atoms with Crippen molar-refractivity contribution in [3.8, 4) is 0 Å². The van der Waals surface area contributed by atoms with Crippen LogP contribution in [0.15, 0.2) is 18.3 Å². The number of aromatic nitrogens is 1. The van der Waals surface area contributed by atoms with Gasteiger partial charge in [-0.25, -0.2) is 4.98 Å². The Morgan fingerprint density at radius 3 is 2.44 bits per heavy atom. The van der Waals surface area contributed by atoms with Gasteiger partial charge in [-0.1, -0.05) is 7.43 Å². The van der Waals surface area contributed by atoms with E-state index in [1.165, 1.54) is 0 Å². The van der Waals surface area contributed by atoms with Crippen molar-refractivity contribution in [1.82, 2.24) is 4.98 Å². The van der Waals surface area contributed by atoms with Crippen molar-refractivity contribution in [3.05, 3.63) is 18.3 Å². The summed E-state index contributed by atoms with van der Waals surface area (Å²) in [5.41, 5.74) is 6.67. The van der Waals surface area contributed by atoms with Gasteiger partial charge >= 0.3 is 0 Å². The zero-order chi connectivity index (χ0) is 10.8. The lowest BCUT2D eigenvalue weighted by Crippen LogP contribution is -2.45. The Bertz CT molecular complexity index is 316. The monoisotopic (exact) mass is 223 g/mol. The van der Waals surface area contributed by atoms with Gasteiger partial charge in [0, 0.05) is 13.1 Å². The first-order valence-electron chi connectivity index (χ1n) is 5.27. The molecular weight excluding hydrogens is 202 g/mol. The molecule has 2 atom stereocenters. The molecule has 0 spiro atoms. The number of rotatable bonds is 1. The molecule has 2 rings (SSSR count). The zero-order valence-electron chi connectivity index (χ0n) is 9.18. The highest BCUT2D eigenvalue weighted by molar-refractivity contribution is 5.48. The number of ether oxygens (including phenoxy) is 1. The van der Waals surface area contributed by atoms with Crippen LogP contribution in [0.1, 0.15) is 21.3 Å². The van der Waals surface area contributed by atoms with Crippen LogP contribution in [-0.2, 0) is 4.74 Å². The van der Waals surface area contributed by atoms with Gasteiger partial charge in [-0.15, -0.1) is 0 Å². The predicted molar refractivity (Wildman–Crippen MR) is 67.6 cm³/mol. The van der Waals surface area contributed by atoms with Gasteiger partial charge in [0.2, 0.25) is 0 Å². The first-order chi connectivity index (χ1) is 7.15. The van der Waals surface area contributed by atoms with Crippen LogP contribution in [0, 0.1) is 0 Å². The largest absolute Gasteiger partial charge is 0.384 e. The molecule has 0 radical (unpaired) electrons. The summed E-state index contributed by atoms with van der Waals surface area (Å²) in [7, 11) is 0. The lowest BCUT2D eigenvalue weighted by molar-refractivity contribution is -0.00523. The second-order valence-corrected chi connectivity index (χ2v) is 4.10. The number of anilines is 2. The minimum Gasteiger partial charge on any atom is -0.384 e. The molecule has 1 aliphatic rings. The van der Waals surface area contributed by atoms with Crippen molar-refractivity contribution in [1.29, 1.82) is 0 Å². The van der Waals surface area contributed by atoms with Crippen molar-refractivity contribution >= 4 is 11.5 Å². The standard InChI is InChI=1S/C11H17N3O.CH4/c1-8-6-14(7-9(2)15-8)10-3-4-11(12)13-5-10;/h3-5,8-9H,6-7H2,1-2H3,(H2,12,13);1H4/t8-,9+;.